The quantitative estimate of drug-likeness (QED) is 0.458. The number of hydrogen-bond donors (Lipinski definition) is 2. The van der Waals surface area contributed by atoms with Gasteiger partial charge in [-0.05, 0) is 6.42 Å². The van der Waals surface area contributed by atoms with Crippen molar-refractivity contribution in [3.05, 3.63) is 0 Å². The van der Waals surface area contributed by atoms with Crippen molar-refractivity contribution in [3.8, 4) is 0 Å². The maximum atomic E-state index is 9.79. The van der Waals surface area contributed by atoms with Gasteiger partial charge in [-0.2, -0.15) is 0 Å². The van der Waals surface area contributed by atoms with E-state index < -0.39 is 11.9 Å². The zero-order chi connectivity index (χ0) is 7.28. The average Bonchev–Trinajstić information content (AvgIpc) is 1.63. The summed E-state index contributed by atoms with van der Waals surface area (Å²) >= 11 is 0. The molecule has 0 aromatic heterocycles. The van der Waals surface area contributed by atoms with E-state index in [9.17, 15) is 9.59 Å². The van der Waals surface area contributed by atoms with Crippen LogP contribution in [-0.2, 0) is 9.59 Å². The van der Waals surface area contributed by atoms with Crippen LogP contribution in [0.4, 0.5) is 0 Å². The van der Waals surface area contributed by atoms with Gasteiger partial charge >= 0.3 is 63.3 Å². The predicted molar refractivity (Wildman–Crippen MR) is 30.2 cm³/mol. The zero-order valence-electron chi connectivity index (χ0n) is 6.83. The van der Waals surface area contributed by atoms with Crippen LogP contribution in [0.2, 0.25) is 0 Å². The average molecular weight is 172 g/mol. The van der Waals surface area contributed by atoms with Gasteiger partial charge in [-0.3, -0.25) is 9.59 Å². The molecule has 0 saturated carbocycles. The first-order chi connectivity index (χ1) is 4.13. The monoisotopic (exact) mass is 172 g/mol. The van der Waals surface area contributed by atoms with Crippen LogP contribution in [0.1, 0.15) is 20.7 Å². The van der Waals surface area contributed by atoms with E-state index in [4.69, 9.17) is 10.2 Å². The third kappa shape index (κ3) is 11.4. The molecule has 0 spiro atoms. The van der Waals surface area contributed by atoms with Gasteiger partial charge in [0.05, 0.1) is 0 Å². The maximum absolute atomic E-state index is 9.79. The number of carboxylic acids is 2. The van der Waals surface area contributed by atoms with Crippen LogP contribution >= 0.6 is 0 Å². The fraction of sp³-hybridized carbons (Fsp3) is 0.600. The van der Waals surface area contributed by atoms with Gasteiger partial charge < -0.3 is 11.6 Å². The van der Waals surface area contributed by atoms with Crippen molar-refractivity contribution in [2.45, 2.75) is 19.3 Å². The van der Waals surface area contributed by atoms with E-state index >= 15 is 0 Å². The van der Waals surface area contributed by atoms with Crippen LogP contribution in [0.5, 0.6) is 0 Å². The summed E-state index contributed by atoms with van der Waals surface area (Å²) in [5.74, 6) is -1.90. The fourth-order valence-corrected chi connectivity index (χ4v) is 0.391. The molecule has 54 valence electrons. The second-order valence-corrected chi connectivity index (χ2v) is 1.64. The van der Waals surface area contributed by atoms with Crippen molar-refractivity contribution in [2.24, 2.45) is 0 Å². The molecule has 0 fully saturated rings. The molecule has 0 radical (unpaired) electrons. The predicted octanol–water partition coefficient (Wildman–Crippen LogP) is -2.56. The fourth-order valence-electron chi connectivity index (χ4n) is 0.391. The molecule has 0 atom stereocenters. The van der Waals surface area contributed by atoms with Crippen molar-refractivity contribution < 1.29 is 72.6 Å². The van der Waals surface area contributed by atoms with Crippen molar-refractivity contribution in [3.63, 3.8) is 0 Å². The summed E-state index contributed by atoms with van der Waals surface area (Å²) in [6.07, 6.45) is 0.0866. The Morgan fingerprint density at radius 2 is 1.40 bits per heavy atom. The summed E-state index contributed by atoms with van der Waals surface area (Å²) in [5.41, 5.74) is 0. The first-order valence-electron chi connectivity index (χ1n) is 2.56. The molecule has 0 aromatic rings. The molecule has 0 aliphatic carbocycles. The zero-order valence-corrected chi connectivity index (χ0v) is 8.96. The SMILES string of the molecule is O=C(O)CCCC(=O)O.[H-].[K+]. The van der Waals surface area contributed by atoms with Crippen molar-refractivity contribution in [2.75, 3.05) is 0 Å². The van der Waals surface area contributed by atoms with Gasteiger partial charge in [0.25, 0.3) is 0 Å². The molecule has 0 aliphatic rings. The summed E-state index contributed by atoms with van der Waals surface area (Å²) in [6, 6.07) is 0. The molecule has 0 saturated heterocycles. The normalized spacial score (nSPS) is 8.00. The largest absolute Gasteiger partial charge is 1.00 e. The standard InChI is InChI=1S/C5H8O4.K.H/c6-4(7)2-1-3-5(8)9;;/h1-3H2,(H,6,7)(H,8,9);;/q;+1;-1. The molecule has 0 amide bonds. The van der Waals surface area contributed by atoms with Gasteiger partial charge in [0.1, 0.15) is 0 Å². The van der Waals surface area contributed by atoms with Gasteiger partial charge in [0.15, 0.2) is 0 Å². The number of aliphatic carboxylic acids is 2. The molecule has 0 bridgehead atoms. The van der Waals surface area contributed by atoms with Crippen molar-refractivity contribution in [1.29, 1.82) is 0 Å². The minimum atomic E-state index is -0.948. The third-order valence-electron chi connectivity index (χ3n) is 0.781. The van der Waals surface area contributed by atoms with Gasteiger partial charge in [-0.1, -0.05) is 0 Å². The molecule has 4 nitrogen and oxygen atoms in total. The van der Waals surface area contributed by atoms with Crippen LogP contribution in [0, 0.1) is 0 Å². The summed E-state index contributed by atoms with van der Waals surface area (Å²) in [7, 11) is 0. The summed E-state index contributed by atoms with van der Waals surface area (Å²) in [5, 5.41) is 16.1. The Balaban J connectivity index is -0.000000320. The Bertz CT molecular complexity index is 114. The molecular formula is C5H9KO4. The number of hydrogen-bond acceptors (Lipinski definition) is 2. The van der Waals surface area contributed by atoms with Crippen molar-refractivity contribution in [1.82, 2.24) is 0 Å². The van der Waals surface area contributed by atoms with Gasteiger partial charge in [0, 0.05) is 12.8 Å². The Labute approximate surface area is 103 Å². The molecule has 0 rings (SSSR count). The number of carbonyl (C=O) groups is 2. The second kappa shape index (κ2) is 7.68. The van der Waals surface area contributed by atoms with Crippen LogP contribution in [0.15, 0.2) is 0 Å². The first-order valence-corrected chi connectivity index (χ1v) is 2.56. The van der Waals surface area contributed by atoms with Crippen LogP contribution in [0.25, 0.3) is 0 Å². The van der Waals surface area contributed by atoms with Crippen LogP contribution in [0.3, 0.4) is 0 Å². The van der Waals surface area contributed by atoms with E-state index in [1.165, 1.54) is 0 Å². The molecule has 5 heteroatoms. The smallest absolute Gasteiger partial charge is 1.00 e. The van der Waals surface area contributed by atoms with Crippen LogP contribution in [-0.4, -0.2) is 22.2 Å². The minimum Gasteiger partial charge on any atom is -1.00 e. The summed E-state index contributed by atoms with van der Waals surface area (Å²) < 4.78 is 0. The summed E-state index contributed by atoms with van der Waals surface area (Å²) in [4.78, 5) is 19.6. The minimum absolute atomic E-state index is 0. The van der Waals surface area contributed by atoms with E-state index in [-0.39, 0.29) is 72.1 Å². The topological polar surface area (TPSA) is 74.6 Å². The molecule has 2 N–H and O–H groups in total. The molecule has 0 unspecified atom stereocenters. The molecule has 10 heavy (non-hydrogen) atoms. The van der Waals surface area contributed by atoms with Gasteiger partial charge in [-0.15, -0.1) is 0 Å². The van der Waals surface area contributed by atoms with E-state index in [1.54, 1.807) is 0 Å². The Kier molecular flexibility index (Phi) is 10.1. The van der Waals surface area contributed by atoms with E-state index in [0.29, 0.717) is 0 Å². The third-order valence-corrected chi connectivity index (χ3v) is 0.781. The Morgan fingerprint density at radius 1 is 1.10 bits per heavy atom. The van der Waals surface area contributed by atoms with E-state index in [1.807, 2.05) is 0 Å². The molecule has 0 aromatic carbocycles. The maximum Gasteiger partial charge on any atom is 1.00 e. The second-order valence-electron chi connectivity index (χ2n) is 1.64. The Hall–Kier alpha value is 0.576. The van der Waals surface area contributed by atoms with Gasteiger partial charge in [-0.25, -0.2) is 0 Å². The molecule has 0 heterocycles. The Morgan fingerprint density at radius 3 is 1.60 bits per heavy atom. The van der Waals surface area contributed by atoms with Gasteiger partial charge in [0.2, 0.25) is 0 Å². The van der Waals surface area contributed by atoms with E-state index in [0.717, 1.165) is 0 Å². The number of carboxylic acid groups (broad SMARTS) is 2. The van der Waals surface area contributed by atoms with Crippen molar-refractivity contribution >= 4 is 11.9 Å². The molecule has 0 aliphatic heterocycles. The first kappa shape index (κ1) is 13.2. The molecular weight excluding hydrogens is 163 g/mol. The summed E-state index contributed by atoms with van der Waals surface area (Å²) in [6.45, 7) is 0. The van der Waals surface area contributed by atoms with E-state index in [2.05, 4.69) is 0 Å². The van der Waals surface area contributed by atoms with Crippen LogP contribution < -0.4 is 51.4 Å². The number of rotatable bonds is 4.